The molecule has 3 heteroatoms. The fourth-order valence-corrected chi connectivity index (χ4v) is 2.65. The van der Waals surface area contributed by atoms with Gasteiger partial charge in [-0.15, -0.1) is 0 Å². The number of aryl methyl sites for hydroxylation is 1. The molecule has 1 aromatic rings. The van der Waals surface area contributed by atoms with Crippen LogP contribution < -0.4 is 10.2 Å². The third-order valence-corrected chi connectivity index (χ3v) is 3.48. The summed E-state index contributed by atoms with van der Waals surface area (Å²) in [6, 6.07) is 5.68. The second-order valence-electron chi connectivity index (χ2n) is 4.70. The van der Waals surface area contributed by atoms with Crippen LogP contribution in [0.1, 0.15) is 32.4 Å². The number of nitrogens with zero attached hydrogens (tertiary/aromatic N) is 2. The Morgan fingerprint density at radius 1 is 1.18 bits per heavy atom. The van der Waals surface area contributed by atoms with E-state index in [-0.39, 0.29) is 0 Å². The number of anilines is 1. The molecule has 1 N–H and O–H groups in total. The summed E-state index contributed by atoms with van der Waals surface area (Å²) >= 11 is 0. The zero-order chi connectivity index (χ0) is 12.3. The zero-order valence-corrected chi connectivity index (χ0v) is 11.1. The quantitative estimate of drug-likeness (QED) is 0.807. The van der Waals surface area contributed by atoms with E-state index in [2.05, 4.69) is 27.3 Å². The first-order valence-electron chi connectivity index (χ1n) is 6.75. The average molecular weight is 233 g/mol. The lowest BCUT2D eigenvalue weighted by atomic mass is 10.2. The van der Waals surface area contributed by atoms with Gasteiger partial charge in [-0.05, 0) is 31.9 Å². The van der Waals surface area contributed by atoms with Crippen LogP contribution in [-0.4, -0.2) is 30.2 Å². The number of pyridine rings is 1. The van der Waals surface area contributed by atoms with Gasteiger partial charge in [-0.25, -0.2) is 0 Å². The number of piperazine rings is 1. The second kappa shape index (κ2) is 5.50. The monoisotopic (exact) mass is 233 g/mol. The molecule has 0 aromatic carbocycles. The molecule has 0 spiro atoms. The van der Waals surface area contributed by atoms with Crippen LogP contribution in [0, 0.1) is 6.92 Å². The van der Waals surface area contributed by atoms with Crippen molar-refractivity contribution in [3.8, 4) is 0 Å². The highest BCUT2D eigenvalue weighted by molar-refractivity contribution is 5.46. The van der Waals surface area contributed by atoms with E-state index in [1.807, 2.05) is 27.0 Å². The summed E-state index contributed by atoms with van der Waals surface area (Å²) in [5.74, 6) is 0. The van der Waals surface area contributed by atoms with Crippen molar-refractivity contribution in [3.05, 3.63) is 24.0 Å². The molecular weight excluding hydrogens is 210 g/mol. The number of aromatic nitrogens is 1. The Morgan fingerprint density at radius 3 is 2.35 bits per heavy atom. The molecule has 2 bridgehead atoms. The van der Waals surface area contributed by atoms with Crippen molar-refractivity contribution in [2.45, 2.75) is 45.7 Å². The van der Waals surface area contributed by atoms with Gasteiger partial charge >= 0.3 is 0 Å². The van der Waals surface area contributed by atoms with Crippen LogP contribution in [0.3, 0.4) is 0 Å². The lowest BCUT2D eigenvalue weighted by Crippen LogP contribution is -2.51. The summed E-state index contributed by atoms with van der Waals surface area (Å²) in [4.78, 5) is 6.83. The van der Waals surface area contributed by atoms with Crippen LogP contribution in [0.25, 0.3) is 0 Å². The highest BCUT2D eigenvalue weighted by Gasteiger charge is 2.32. The third-order valence-electron chi connectivity index (χ3n) is 3.48. The fraction of sp³-hybridized carbons (Fsp3) is 0.643. The van der Waals surface area contributed by atoms with E-state index in [9.17, 15) is 0 Å². The molecule has 1 aromatic heterocycles. The van der Waals surface area contributed by atoms with Gasteiger partial charge in [-0.2, -0.15) is 0 Å². The van der Waals surface area contributed by atoms with Crippen molar-refractivity contribution >= 4 is 5.69 Å². The van der Waals surface area contributed by atoms with Gasteiger partial charge in [0, 0.05) is 30.9 Å². The van der Waals surface area contributed by atoms with E-state index in [0.29, 0.717) is 12.1 Å². The minimum Gasteiger partial charge on any atom is -0.367 e. The lowest BCUT2D eigenvalue weighted by Gasteiger charge is -2.34. The molecule has 0 aliphatic carbocycles. The molecule has 2 aliphatic rings. The standard InChI is InChI=1S/C12H17N3.C2H6/c1-9-2-5-12(6-13-9)15-7-10-3-4-11(8-15)14-10;1-2/h2,5-6,10-11,14H,3-4,7-8H2,1H3;1-2H3. The van der Waals surface area contributed by atoms with Gasteiger partial charge in [0.05, 0.1) is 11.9 Å². The van der Waals surface area contributed by atoms with Gasteiger partial charge in [0.25, 0.3) is 0 Å². The van der Waals surface area contributed by atoms with Crippen molar-refractivity contribution in [1.82, 2.24) is 10.3 Å². The minimum absolute atomic E-state index is 0.699. The van der Waals surface area contributed by atoms with Crippen molar-refractivity contribution in [2.24, 2.45) is 0 Å². The van der Waals surface area contributed by atoms with E-state index in [0.717, 1.165) is 18.8 Å². The van der Waals surface area contributed by atoms with Crippen LogP contribution in [0.15, 0.2) is 18.3 Å². The largest absolute Gasteiger partial charge is 0.367 e. The molecule has 0 amide bonds. The number of rotatable bonds is 1. The maximum absolute atomic E-state index is 4.36. The molecule has 2 fully saturated rings. The van der Waals surface area contributed by atoms with Crippen LogP contribution >= 0.6 is 0 Å². The van der Waals surface area contributed by atoms with Crippen LogP contribution in [0.4, 0.5) is 5.69 Å². The highest BCUT2D eigenvalue weighted by atomic mass is 15.2. The summed E-state index contributed by atoms with van der Waals surface area (Å²) in [5.41, 5.74) is 2.37. The number of fused-ring (bicyclic) bond motifs is 2. The van der Waals surface area contributed by atoms with E-state index in [1.54, 1.807) is 0 Å². The molecule has 2 atom stereocenters. The van der Waals surface area contributed by atoms with E-state index < -0.39 is 0 Å². The van der Waals surface area contributed by atoms with Gasteiger partial charge < -0.3 is 10.2 Å². The average Bonchev–Trinajstić information content (AvgIpc) is 2.72. The Morgan fingerprint density at radius 2 is 1.82 bits per heavy atom. The fourth-order valence-electron chi connectivity index (χ4n) is 2.65. The summed E-state index contributed by atoms with van der Waals surface area (Å²) in [6.45, 7) is 8.31. The predicted octanol–water partition coefficient (Wildman–Crippen LogP) is 2.36. The molecule has 2 unspecified atom stereocenters. The zero-order valence-electron chi connectivity index (χ0n) is 11.1. The number of hydrogen-bond acceptors (Lipinski definition) is 3. The van der Waals surface area contributed by atoms with Crippen molar-refractivity contribution in [3.63, 3.8) is 0 Å². The molecule has 3 heterocycles. The maximum Gasteiger partial charge on any atom is 0.0554 e. The van der Waals surface area contributed by atoms with Gasteiger partial charge in [0.1, 0.15) is 0 Å². The second-order valence-corrected chi connectivity index (χ2v) is 4.70. The first kappa shape index (κ1) is 12.4. The van der Waals surface area contributed by atoms with Crippen molar-refractivity contribution in [1.29, 1.82) is 0 Å². The first-order valence-corrected chi connectivity index (χ1v) is 6.75. The Balaban J connectivity index is 0.000000514. The SMILES string of the molecule is CC.Cc1ccc(N2CC3CCC(C2)N3)cn1. The normalized spacial score (nSPS) is 26.4. The van der Waals surface area contributed by atoms with Crippen LogP contribution in [0.5, 0.6) is 0 Å². The smallest absolute Gasteiger partial charge is 0.0554 e. The van der Waals surface area contributed by atoms with Gasteiger partial charge in [0.15, 0.2) is 0 Å². The van der Waals surface area contributed by atoms with Gasteiger partial charge in [-0.3, -0.25) is 4.98 Å². The van der Waals surface area contributed by atoms with Gasteiger partial charge in [-0.1, -0.05) is 13.8 Å². The topological polar surface area (TPSA) is 28.2 Å². The maximum atomic E-state index is 4.36. The van der Waals surface area contributed by atoms with Crippen molar-refractivity contribution < 1.29 is 0 Å². The van der Waals surface area contributed by atoms with Crippen molar-refractivity contribution in [2.75, 3.05) is 18.0 Å². The Labute approximate surface area is 104 Å². The Bertz CT molecular complexity index is 335. The van der Waals surface area contributed by atoms with Crippen LogP contribution in [-0.2, 0) is 0 Å². The van der Waals surface area contributed by atoms with Crippen LogP contribution in [0.2, 0.25) is 0 Å². The molecule has 2 saturated heterocycles. The number of hydrogen-bond donors (Lipinski definition) is 1. The summed E-state index contributed by atoms with van der Waals surface area (Å²) < 4.78 is 0. The molecule has 17 heavy (non-hydrogen) atoms. The minimum atomic E-state index is 0.699. The molecular formula is C14H23N3. The van der Waals surface area contributed by atoms with E-state index in [4.69, 9.17) is 0 Å². The molecule has 2 aliphatic heterocycles. The number of nitrogens with one attached hydrogen (secondary N) is 1. The van der Waals surface area contributed by atoms with E-state index in [1.165, 1.54) is 18.5 Å². The molecule has 0 saturated carbocycles. The predicted molar refractivity (Wildman–Crippen MR) is 72.5 cm³/mol. The van der Waals surface area contributed by atoms with Gasteiger partial charge in [0.2, 0.25) is 0 Å². The third kappa shape index (κ3) is 2.78. The summed E-state index contributed by atoms with van der Waals surface area (Å²) in [6.07, 6.45) is 4.67. The summed E-state index contributed by atoms with van der Waals surface area (Å²) in [5, 5.41) is 3.64. The molecule has 3 nitrogen and oxygen atoms in total. The molecule has 94 valence electrons. The lowest BCUT2D eigenvalue weighted by molar-refractivity contribution is 0.465. The summed E-state index contributed by atoms with van der Waals surface area (Å²) in [7, 11) is 0. The molecule has 3 rings (SSSR count). The Kier molecular flexibility index (Phi) is 4.00. The molecule has 0 radical (unpaired) electrons. The highest BCUT2D eigenvalue weighted by Crippen LogP contribution is 2.24. The van der Waals surface area contributed by atoms with E-state index >= 15 is 0 Å². The first-order chi connectivity index (χ1) is 8.31. The Hall–Kier alpha value is -1.09.